The van der Waals surface area contributed by atoms with E-state index < -0.39 is 17.7 Å². The van der Waals surface area contributed by atoms with Crippen LogP contribution in [-0.2, 0) is 14.3 Å². The summed E-state index contributed by atoms with van der Waals surface area (Å²) in [7, 11) is 1.34. The van der Waals surface area contributed by atoms with Gasteiger partial charge in [0.15, 0.2) is 0 Å². The lowest BCUT2D eigenvalue weighted by molar-refractivity contribution is -0.134. The maximum atomic E-state index is 11.9. The van der Waals surface area contributed by atoms with Gasteiger partial charge in [0.2, 0.25) is 0 Å². The first-order chi connectivity index (χ1) is 9.81. The molecule has 0 aromatic carbocycles. The molecule has 5 heteroatoms. The fraction of sp³-hybridized carbons (Fsp3) is 0.750. The second kappa shape index (κ2) is 8.05. The van der Waals surface area contributed by atoms with E-state index in [2.05, 4.69) is 10.1 Å². The van der Waals surface area contributed by atoms with E-state index in [0.29, 0.717) is 5.92 Å². The normalized spacial score (nSPS) is 18.3. The molecule has 120 valence electrons. The monoisotopic (exact) mass is 297 g/mol. The molecule has 1 amide bonds. The van der Waals surface area contributed by atoms with Crippen LogP contribution < -0.4 is 5.32 Å². The second-order valence-electron chi connectivity index (χ2n) is 6.45. The Morgan fingerprint density at radius 1 is 1.19 bits per heavy atom. The number of hydrogen-bond acceptors (Lipinski definition) is 4. The minimum atomic E-state index is -0.534. The first-order valence-electron chi connectivity index (χ1n) is 7.57. The Balaban J connectivity index is 2.68. The van der Waals surface area contributed by atoms with Gasteiger partial charge in [-0.15, -0.1) is 0 Å². The quantitative estimate of drug-likeness (QED) is 0.639. The highest BCUT2D eigenvalue weighted by Crippen LogP contribution is 2.27. The summed E-state index contributed by atoms with van der Waals surface area (Å²) in [5, 5.41) is 2.87. The fourth-order valence-corrected chi connectivity index (χ4v) is 2.51. The summed E-state index contributed by atoms with van der Waals surface area (Å²) in [4.78, 5) is 23.2. The fourth-order valence-electron chi connectivity index (χ4n) is 2.51. The summed E-state index contributed by atoms with van der Waals surface area (Å²) in [6.45, 7) is 5.48. The molecule has 1 fully saturated rings. The predicted molar refractivity (Wildman–Crippen MR) is 80.9 cm³/mol. The Bertz CT molecular complexity index is 378. The second-order valence-corrected chi connectivity index (χ2v) is 6.45. The highest BCUT2D eigenvalue weighted by Gasteiger charge is 2.25. The van der Waals surface area contributed by atoms with E-state index in [4.69, 9.17) is 4.74 Å². The molecule has 1 atom stereocenters. The lowest BCUT2D eigenvalue weighted by Crippen LogP contribution is -2.42. The van der Waals surface area contributed by atoms with Crippen molar-refractivity contribution in [3.8, 4) is 0 Å². The molecule has 0 spiro atoms. The van der Waals surface area contributed by atoms with E-state index in [9.17, 15) is 9.59 Å². The number of hydrogen-bond donors (Lipinski definition) is 1. The molecule has 1 aliphatic carbocycles. The molecule has 1 saturated carbocycles. The highest BCUT2D eigenvalue weighted by atomic mass is 16.6. The van der Waals surface area contributed by atoms with Crippen LogP contribution >= 0.6 is 0 Å². The van der Waals surface area contributed by atoms with Gasteiger partial charge in [0.25, 0.3) is 0 Å². The molecule has 0 aliphatic heterocycles. The van der Waals surface area contributed by atoms with Crippen LogP contribution in [0.5, 0.6) is 0 Å². The number of carbonyl (C=O) groups excluding carboxylic acids is 2. The van der Waals surface area contributed by atoms with Gasteiger partial charge in [-0.1, -0.05) is 25.3 Å². The minimum Gasteiger partial charge on any atom is -0.466 e. The van der Waals surface area contributed by atoms with Gasteiger partial charge in [0.1, 0.15) is 5.60 Å². The van der Waals surface area contributed by atoms with E-state index in [1.165, 1.54) is 19.6 Å². The van der Waals surface area contributed by atoms with Gasteiger partial charge in [-0.2, -0.15) is 0 Å². The van der Waals surface area contributed by atoms with E-state index >= 15 is 0 Å². The summed E-state index contributed by atoms with van der Waals surface area (Å²) >= 11 is 0. The molecule has 1 N–H and O–H groups in total. The first kappa shape index (κ1) is 17.5. The maximum absolute atomic E-state index is 11.9. The summed E-state index contributed by atoms with van der Waals surface area (Å²) in [5.74, 6) is -0.0750. The summed E-state index contributed by atoms with van der Waals surface area (Å²) in [6.07, 6.45) is 8.27. The summed E-state index contributed by atoms with van der Waals surface area (Å²) < 4.78 is 9.90. The van der Waals surface area contributed by atoms with Crippen molar-refractivity contribution in [3.05, 3.63) is 12.2 Å². The van der Waals surface area contributed by atoms with Crippen molar-refractivity contribution in [2.75, 3.05) is 7.11 Å². The van der Waals surface area contributed by atoms with Crippen LogP contribution in [0.4, 0.5) is 4.79 Å². The standard InChI is InChI=1S/C16H27NO4/c1-16(2,3)21-15(19)17-13(10-11-14(18)20-4)12-8-6-5-7-9-12/h10-13H,5-9H2,1-4H3,(H,17,19)/b11-10-. The molecule has 1 rings (SSSR count). The minimum absolute atomic E-state index is 0.195. The third-order valence-electron chi connectivity index (χ3n) is 3.48. The molecule has 1 aliphatic rings. The zero-order valence-corrected chi connectivity index (χ0v) is 13.5. The van der Waals surface area contributed by atoms with Crippen molar-refractivity contribution in [3.63, 3.8) is 0 Å². The number of carbonyl (C=O) groups is 2. The van der Waals surface area contributed by atoms with Crippen LogP contribution in [0.15, 0.2) is 12.2 Å². The van der Waals surface area contributed by atoms with Gasteiger partial charge < -0.3 is 14.8 Å². The number of esters is 1. The molecule has 0 aromatic heterocycles. The lowest BCUT2D eigenvalue weighted by atomic mass is 9.84. The Morgan fingerprint density at radius 2 is 1.81 bits per heavy atom. The van der Waals surface area contributed by atoms with Gasteiger partial charge in [0, 0.05) is 6.08 Å². The number of alkyl carbamates (subject to hydrolysis) is 1. The van der Waals surface area contributed by atoms with Gasteiger partial charge in [-0.05, 0) is 39.5 Å². The number of nitrogens with one attached hydrogen (secondary N) is 1. The Hall–Kier alpha value is -1.52. The van der Waals surface area contributed by atoms with Crippen LogP contribution in [0, 0.1) is 5.92 Å². The molecule has 0 radical (unpaired) electrons. The first-order valence-corrected chi connectivity index (χ1v) is 7.57. The lowest BCUT2D eigenvalue weighted by Gasteiger charge is -2.30. The molecule has 21 heavy (non-hydrogen) atoms. The van der Waals surface area contributed by atoms with Gasteiger partial charge in [-0.25, -0.2) is 9.59 Å². The van der Waals surface area contributed by atoms with Gasteiger partial charge in [-0.3, -0.25) is 0 Å². The summed E-state index contributed by atoms with van der Waals surface area (Å²) in [6, 6.07) is -0.195. The molecular weight excluding hydrogens is 270 g/mol. The third-order valence-corrected chi connectivity index (χ3v) is 3.48. The highest BCUT2D eigenvalue weighted by molar-refractivity contribution is 5.82. The van der Waals surface area contributed by atoms with Crippen molar-refractivity contribution in [2.24, 2.45) is 5.92 Å². The van der Waals surface area contributed by atoms with E-state index in [1.54, 1.807) is 6.08 Å². The number of methoxy groups -OCH3 is 1. The molecule has 5 nitrogen and oxygen atoms in total. The maximum Gasteiger partial charge on any atom is 0.408 e. The average Bonchev–Trinajstić information content (AvgIpc) is 2.42. The van der Waals surface area contributed by atoms with Crippen LogP contribution in [0.3, 0.4) is 0 Å². The van der Waals surface area contributed by atoms with Crippen molar-refractivity contribution >= 4 is 12.1 Å². The van der Waals surface area contributed by atoms with E-state index in [-0.39, 0.29) is 6.04 Å². The van der Waals surface area contributed by atoms with Gasteiger partial charge >= 0.3 is 12.1 Å². The van der Waals surface area contributed by atoms with Crippen molar-refractivity contribution in [1.29, 1.82) is 0 Å². The van der Waals surface area contributed by atoms with Crippen LogP contribution in [0.2, 0.25) is 0 Å². The van der Waals surface area contributed by atoms with Crippen LogP contribution in [0.1, 0.15) is 52.9 Å². The topological polar surface area (TPSA) is 64.6 Å². The number of amides is 1. The SMILES string of the molecule is COC(=O)/C=C\C(NC(=O)OC(C)(C)C)C1CCCCC1. The molecule has 0 heterocycles. The van der Waals surface area contributed by atoms with Crippen molar-refractivity contribution in [1.82, 2.24) is 5.32 Å². The Kier molecular flexibility index (Phi) is 6.72. The largest absolute Gasteiger partial charge is 0.466 e. The number of ether oxygens (including phenoxy) is 2. The number of rotatable bonds is 4. The zero-order valence-electron chi connectivity index (χ0n) is 13.5. The smallest absolute Gasteiger partial charge is 0.408 e. The molecular formula is C16H27NO4. The molecule has 0 bridgehead atoms. The predicted octanol–water partition coefficient (Wildman–Crippen LogP) is 3.19. The van der Waals surface area contributed by atoms with Crippen LogP contribution in [-0.4, -0.2) is 30.8 Å². The molecule has 0 aromatic rings. The van der Waals surface area contributed by atoms with Crippen LogP contribution in [0.25, 0.3) is 0 Å². The van der Waals surface area contributed by atoms with Crippen molar-refractivity contribution in [2.45, 2.75) is 64.5 Å². The van der Waals surface area contributed by atoms with E-state index in [1.807, 2.05) is 20.8 Å². The average molecular weight is 297 g/mol. The Labute approximate surface area is 127 Å². The van der Waals surface area contributed by atoms with E-state index in [0.717, 1.165) is 25.7 Å². The van der Waals surface area contributed by atoms with Crippen molar-refractivity contribution < 1.29 is 19.1 Å². The Morgan fingerprint density at radius 3 is 2.33 bits per heavy atom. The van der Waals surface area contributed by atoms with Gasteiger partial charge in [0.05, 0.1) is 13.2 Å². The third kappa shape index (κ3) is 7.16. The zero-order chi connectivity index (χ0) is 15.9. The molecule has 1 unspecified atom stereocenters. The summed E-state index contributed by atoms with van der Waals surface area (Å²) in [5.41, 5.74) is -0.534. The molecule has 0 saturated heterocycles.